The molecule has 2 aromatic carbocycles. The van der Waals surface area contributed by atoms with Crippen LogP contribution in [0.2, 0.25) is 5.02 Å². The van der Waals surface area contributed by atoms with Gasteiger partial charge in [-0.25, -0.2) is 0 Å². The molecule has 1 aliphatic carbocycles. The highest BCUT2D eigenvalue weighted by atomic mass is 79.9. The number of halogens is 2. The van der Waals surface area contributed by atoms with Crippen LogP contribution < -0.4 is 10.6 Å². The lowest BCUT2D eigenvalue weighted by molar-refractivity contribution is -0.130. The SMILES string of the molecule is Cc1ccc(Br)cc1NC(=O)CCNC(=O)C1(c2cccc(Cl)c2)CCC1. The number of hydrogen-bond acceptors (Lipinski definition) is 2. The summed E-state index contributed by atoms with van der Waals surface area (Å²) in [5, 5.41) is 6.46. The molecule has 1 fully saturated rings. The van der Waals surface area contributed by atoms with E-state index in [0.717, 1.165) is 40.5 Å². The van der Waals surface area contributed by atoms with Crippen molar-refractivity contribution in [1.82, 2.24) is 5.32 Å². The highest BCUT2D eigenvalue weighted by Crippen LogP contribution is 2.44. The lowest BCUT2D eigenvalue weighted by atomic mass is 9.64. The molecule has 1 saturated carbocycles. The van der Waals surface area contributed by atoms with Gasteiger partial charge in [0.15, 0.2) is 0 Å². The van der Waals surface area contributed by atoms with Crippen LogP contribution in [0.1, 0.15) is 36.8 Å². The maximum absolute atomic E-state index is 12.8. The molecule has 0 spiro atoms. The highest BCUT2D eigenvalue weighted by molar-refractivity contribution is 9.10. The standard InChI is InChI=1S/C21H22BrClN2O2/c1-14-6-7-16(22)13-18(14)25-19(26)8-11-24-20(27)21(9-3-10-21)15-4-2-5-17(23)12-15/h2,4-7,12-13H,3,8-11H2,1H3,(H,24,27)(H,25,26). The van der Waals surface area contributed by atoms with Gasteiger partial charge in [-0.3, -0.25) is 9.59 Å². The second-order valence-electron chi connectivity index (χ2n) is 6.96. The van der Waals surface area contributed by atoms with Gasteiger partial charge in [-0.2, -0.15) is 0 Å². The Hall–Kier alpha value is -1.85. The van der Waals surface area contributed by atoms with Crippen LogP contribution >= 0.6 is 27.5 Å². The average Bonchev–Trinajstić information content (AvgIpc) is 2.57. The number of carbonyl (C=O) groups is 2. The minimum Gasteiger partial charge on any atom is -0.355 e. The van der Waals surface area contributed by atoms with Crippen molar-refractivity contribution >= 4 is 45.0 Å². The Morgan fingerprint density at radius 2 is 1.96 bits per heavy atom. The van der Waals surface area contributed by atoms with Crippen LogP contribution in [0.25, 0.3) is 0 Å². The van der Waals surface area contributed by atoms with Crippen LogP contribution in [-0.4, -0.2) is 18.4 Å². The molecule has 27 heavy (non-hydrogen) atoms. The molecule has 0 saturated heterocycles. The summed E-state index contributed by atoms with van der Waals surface area (Å²) in [5.41, 5.74) is 2.20. The molecule has 4 nitrogen and oxygen atoms in total. The molecular weight excluding hydrogens is 428 g/mol. The third-order valence-electron chi connectivity index (χ3n) is 5.13. The Bertz CT molecular complexity index is 865. The van der Waals surface area contributed by atoms with Gasteiger partial charge in [0.05, 0.1) is 5.41 Å². The summed E-state index contributed by atoms with van der Waals surface area (Å²) in [6, 6.07) is 13.2. The molecule has 2 aromatic rings. The maximum Gasteiger partial charge on any atom is 0.230 e. The third kappa shape index (κ3) is 4.53. The Morgan fingerprint density at radius 1 is 1.19 bits per heavy atom. The molecule has 142 valence electrons. The maximum atomic E-state index is 12.8. The Morgan fingerprint density at radius 3 is 2.63 bits per heavy atom. The van der Waals surface area contributed by atoms with Crippen LogP contribution in [0.15, 0.2) is 46.9 Å². The van der Waals surface area contributed by atoms with Gasteiger partial charge in [0.1, 0.15) is 0 Å². The summed E-state index contributed by atoms with van der Waals surface area (Å²) < 4.78 is 0.908. The summed E-state index contributed by atoms with van der Waals surface area (Å²) in [6.45, 7) is 2.25. The van der Waals surface area contributed by atoms with Crippen molar-refractivity contribution in [3.8, 4) is 0 Å². The van der Waals surface area contributed by atoms with E-state index in [9.17, 15) is 9.59 Å². The largest absolute Gasteiger partial charge is 0.355 e. The van der Waals surface area contributed by atoms with Crippen molar-refractivity contribution in [2.45, 2.75) is 38.0 Å². The van der Waals surface area contributed by atoms with E-state index in [1.807, 2.05) is 49.4 Å². The normalized spacial score (nSPS) is 14.9. The zero-order valence-corrected chi connectivity index (χ0v) is 17.5. The zero-order valence-electron chi connectivity index (χ0n) is 15.1. The first-order valence-corrected chi connectivity index (χ1v) is 10.2. The summed E-state index contributed by atoms with van der Waals surface area (Å²) in [7, 11) is 0. The van der Waals surface area contributed by atoms with Crippen LogP contribution in [0, 0.1) is 6.92 Å². The lowest BCUT2D eigenvalue weighted by Crippen LogP contribution is -2.49. The van der Waals surface area contributed by atoms with Crippen molar-refractivity contribution in [1.29, 1.82) is 0 Å². The molecule has 2 N–H and O–H groups in total. The topological polar surface area (TPSA) is 58.2 Å². The first kappa shape index (κ1) is 19.9. The Kier molecular flexibility index (Phi) is 6.22. The van der Waals surface area contributed by atoms with E-state index in [-0.39, 0.29) is 18.2 Å². The van der Waals surface area contributed by atoms with Gasteiger partial charge in [0.25, 0.3) is 0 Å². The summed E-state index contributed by atoms with van der Waals surface area (Å²) >= 11 is 9.50. The summed E-state index contributed by atoms with van der Waals surface area (Å²) in [5.74, 6) is -0.149. The van der Waals surface area contributed by atoms with Crippen molar-refractivity contribution < 1.29 is 9.59 Å². The predicted molar refractivity (Wildman–Crippen MR) is 112 cm³/mol. The molecule has 2 amide bonds. The first-order valence-electron chi connectivity index (χ1n) is 9.01. The number of aryl methyl sites for hydroxylation is 1. The van der Waals surface area contributed by atoms with Crippen molar-refractivity contribution in [3.63, 3.8) is 0 Å². The fourth-order valence-corrected chi connectivity index (χ4v) is 3.92. The van der Waals surface area contributed by atoms with Crippen LogP contribution in [0.4, 0.5) is 5.69 Å². The number of benzene rings is 2. The van der Waals surface area contributed by atoms with Crippen molar-refractivity contribution in [2.75, 3.05) is 11.9 Å². The Labute approximate surface area is 172 Å². The van der Waals surface area contributed by atoms with Gasteiger partial charge >= 0.3 is 0 Å². The molecule has 1 aliphatic rings. The second kappa shape index (κ2) is 8.44. The summed E-state index contributed by atoms with van der Waals surface area (Å²) in [4.78, 5) is 25.0. The smallest absolute Gasteiger partial charge is 0.230 e. The predicted octanol–water partition coefficient (Wildman–Crippen LogP) is 4.98. The number of amides is 2. The van der Waals surface area contributed by atoms with Crippen LogP contribution in [0.3, 0.4) is 0 Å². The van der Waals surface area contributed by atoms with Crippen molar-refractivity contribution in [3.05, 3.63) is 63.1 Å². The number of carbonyl (C=O) groups excluding carboxylic acids is 2. The molecule has 3 rings (SSSR count). The third-order valence-corrected chi connectivity index (χ3v) is 5.86. The molecule has 0 aliphatic heterocycles. The van der Waals surface area contributed by atoms with Gasteiger partial charge in [-0.15, -0.1) is 0 Å². The fourth-order valence-electron chi connectivity index (χ4n) is 3.36. The van der Waals surface area contributed by atoms with E-state index >= 15 is 0 Å². The molecule has 0 heterocycles. The highest BCUT2D eigenvalue weighted by Gasteiger charge is 2.45. The minimum absolute atomic E-state index is 0.0255. The van der Waals surface area contributed by atoms with Crippen LogP contribution in [-0.2, 0) is 15.0 Å². The van der Waals surface area contributed by atoms with Crippen molar-refractivity contribution in [2.24, 2.45) is 0 Å². The monoisotopic (exact) mass is 448 g/mol. The van der Waals surface area contributed by atoms with Gasteiger partial charge in [-0.1, -0.05) is 52.2 Å². The second-order valence-corrected chi connectivity index (χ2v) is 8.31. The molecule has 0 aromatic heterocycles. The van der Waals surface area contributed by atoms with Gasteiger partial charge in [0, 0.05) is 28.1 Å². The van der Waals surface area contributed by atoms with Gasteiger partial charge in [-0.05, 0) is 55.2 Å². The zero-order chi connectivity index (χ0) is 19.4. The van der Waals surface area contributed by atoms with Gasteiger partial charge in [0.2, 0.25) is 11.8 Å². The number of hydrogen-bond donors (Lipinski definition) is 2. The Balaban J connectivity index is 1.56. The van der Waals surface area contributed by atoms with E-state index < -0.39 is 5.41 Å². The van der Waals surface area contributed by atoms with E-state index in [0.29, 0.717) is 11.6 Å². The number of rotatable bonds is 6. The quantitative estimate of drug-likeness (QED) is 0.653. The first-order chi connectivity index (χ1) is 12.9. The fraction of sp³-hybridized carbons (Fsp3) is 0.333. The van der Waals surface area contributed by atoms with E-state index in [1.54, 1.807) is 0 Å². The summed E-state index contributed by atoms with van der Waals surface area (Å²) in [6.07, 6.45) is 2.86. The molecule has 0 radical (unpaired) electrons. The number of anilines is 1. The number of nitrogens with one attached hydrogen (secondary N) is 2. The molecule has 0 atom stereocenters. The lowest BCUT2D eigenvalue weighted by Gasteiger charge is -2.40. The molecule has 0 bridgehead atoms. The average molecular weight is 450 g/mol. The molecule has 0 unspecified atom stereocenters. The molecular formula is C21H22BrClN2O2. The van der Waals surface area contributed by atoms with E-state index in [4.69, 9.17) is 11.6 Å². The minimum atomic E-state index is -0.512. The van der Waals surface area contributed by atoms with E-state index in [1.165, 1.54) is 0 Å². The van der Waals surface area contributed by atoms with Crippen LogP contribution in [0.5, 0.6) is 0 Å². The van der Waals surface area contributed by atoms with Gasteiger partial charge < -0.3 is 10.6 Å². The van der Waals surface area contributed by atoms with E-state index in [2.05, 4.69) is 26.6 Å². The molecule has 6 heteroatoms.